The SMILES string of the molecule is CC(=O)NC[C@]1(C)CCNC1. The summed E-state index contributed by atoms with van der Waals surface area (Å²) < 4.78 is 0. The molecule has 0 aromatic heterocycles. The molecule has 3 heteroatoms. The first-order valence-electron chi connectivity index (χ1n) is 4.08. The molecule has 1 rings (SSSR count). The van der Waals surface area contributed by atoms with Crippen molar-refractivity contribution in [3.05, 3.63) is 0 Å². The van der Waals surface area contributed by atoms with Crippen LogP contribution in [0.25, 0.3) is 0 Å². The molecule has 0 aromatic carbocycles. The maximum atomic E-state index is 10.6. The number of amides is 1. The van der Waals surface area contributed by atoms with Crippen molar-refractivity contribution in [2.75, 3.05) is 19.6 Å². The molecule has 1 aliphatic heterocycles. The molecule has 1 fully saturated rings. The van der Waals surface area contributed by atoms with E-state index in [0.29, 0.717) is 0 Å². The molecule has 0 aromatic rings. The molecule has 11 heavy (non-hydrogen) atoms. The zero-order valence-corrected chi connectivity index (χ0v) is 7.24. The Kier molecular flexibility index (Phi) is 2.49. The van der Waals surface area contributed by atoms with Gasteiger partial charge in [0, 0.05) is 20.0 Å². The summed E-state index contributed by atoms with van der Waals surface area (Å²) in [5.74, 6) is 0.0677. The normalized spacial score (nSPS) is 30.4. The van der Waals surface area contributed by atoms with Gasteiger partial charge in [-0.05, 0) is 18.4 Å². The number of hydrogen-bond acceptors (Lipinski definition) is 2. The van der Waals surface area contributed by atoms with Gasteiger partial charge < -0.3 is 10.6 Å². The van der Waals surface area contributed by atoms with Gasteiger partial charge in [0.25, 0.3) is 0 Å². The predicted octanol–water partition coefficient (Wildman–Crippen LogP) is 0.122. The summed E-state index contributed by atoms with van der Waals surface area (Å²) in [5, 5.41) is 6.13. The molecule has 0 saturated carbocycles. The Bertz CT molecular complexity index is 150. The van der Waals surface area contributed by atoms with Crippen LogP contribution in [0.1, 0.15) is 20.3 Å². The molecule has 0 spiro atoms. The quantitative estimate of drug-likeness (QED) is 0.596. The first kappa shape index (κ1) is 8.53. The molecule has 0 aliphatic carbocycles. The Balaban J connectivity index is 2.28. The van der Waals surface area contributed by atoms with Gasteiger partial charge in [0.2, 0.25) is 5.91 Å². The van der Waals surface area contributed by atoms with Gasteiger partial charge in [0.05, 0.1) is 0 Å². The van der Waals surface area contributed by atoms with Gasteiger partial charge in [-0.3, -0.25) is 4.79 Å². The largest absolute Gasteiger partial charge is 0.356 e. The van der Waals surface area contributed by atoms with Gasteiger partial charge in [-0.25, -0.2) is 0 Å². The molecular weight excluding hydrogens is 140 g/mol. The zero-order chi connectivity index (χ0) is 8.32. The second-order valence-corrected chi connectivity index (χ2v) is 3.65. The Morgan fingerprint density at radius 2 is 2.45 bits per heavy atom. The van der Waals surface area contributed by atoms with Crippen molar-refractivity contribution in [2.45, 2.75) is 20.3 Å². The highest BCUT2D eigenvalue weighted by atomic mass is 16.1. The number of nitrogens with one attached hydrogen (secondary N) is 2. The van der Waals surface area contributed by atoms with E-state index in [1.165, 1.54) is 0 Å². The second-order valence-electron chi connectivity index (χ2n) is 3.65. The smallest absolute Gasteiger partial charge is 0.216 e. The maximum Gasteiger partial charge on any atom is 0.216 e. The highest BCUT2D eigenvalue weighted by Crippen LogP contribution is 2.22. The van der Waals surface area contributed by atoms with Crippen molar-refractivity contribution >= 4 is 5.91 Å². The van der Waals surface area contributed by atoms with Crippen molar-refractivity contribution in [2.24, 2.45) is 5.41 Å². The Hall–Kier alpha value is -0.570. The zero-order valence-electron chi connectivity index (χ0n) is 7.24. The first-order valence-corrected chi connectivity index (χ1v) is 4.08. The minimum absolute atomic E-state index is 0.0677. The van der Waals surface area contributed by atoms with E-state index < -0.39 is 0 Å². The Morgan fingerprint density at radius 1 is 1.73 bits per heavy atom. The van der Waals surface area contributed by atoms with Crippen LogP contribution in [-0.4, -0.2) is 25.5 Å². The monoisotopic (exact) mass is 156 g/mol. The molecule has 3 nitrogen and oxygen atoms in total. The van der Waals surface area contributed by atoms with Gasteiger partial charge in [-0.2, -0.15) is 0 Å². The average Bonchev–Trinajstić information content (AvgIpc) is 2.33. The number of rotatable bonds is 2. The summed E-state index contributed by atoms with van der Waals surface area (Å²) in [5.41, 5.74) is 0.283. The van der Waals surface area contributed by atoms with Gasteiger partial charge >= 0.3 is 0 Å². The van der Waals surface area contributed by atoms with Crippen LogP contribution in [-0.2, 0) is 4.79 Å². The second kappa shape index (κ2) is 3.22. The third kappa shape index (κ3) is 2.50. The highest BCUT2D eigenvalue weighted by Gasteiger charge is 2.28. The van der Waals surface area contributed by atoms with Crippen LogP contribution in [0.15, 0.2) is 0 Å². The van der Waals surface area contributed by atoms with Crippen LogP contribution in [0.5, 0.6) is 0 Å². The fourth-order valence-electron chi connectivity index (χ4n) is 1.36. The lowest BCUT2D eigenvalue weighted by Gasteiger charge is -2.22. The van der Waals surface area contributed by atoms with Crippen molar-refractivity contribution in [3.63, 3.8) is 0 Å². The molecule has 0 bridgehead atoms. The fraction of sp³-hybridized carbons (Fsp3) is 0.875. The van der Waals surface area contributed by atoms with Gasteiger partial charge in [-0.15, -0.1) is 0 Å². The van der Waals surface area contributed by atoms with Crippen molar-refractivity contribution < 1.29 is 4.79 Å². The highest BCUT2D eigenvalue weighted by molar-refractivity contribution is 5.72. The lowest BCUT2D eigenvalue weighted by molar-refractivity contribution is -0.119. The molecule has 0 unspecified atom stereocenters. The third-order valence-electron chi connectivity index (χ3n) is 2.22. The summed E-state index contributed by atoms with van der Waals surface area (Å²) >= 11 is 0. The molecule has 1 saturated heterocycles. The number of hydrogen-bond donors (Lipinski definition) is 2. The van der Waals surface area contributed by atoms with Gasteiger partial charge in [0.15, 0.2) is 0 Å². The first-order chi connectivity index (χ1) is 5.12. The summed E-state index contributed by atoms with van der Waals surface area (Å²) in [4.78, 5) is 10.6. The van der Waals surface area contributed by atoms with Crippen LogP contribution in [0.3, 0.4) is 0 Å². The topological polar surface area (TPSA) is 41.1 Å². The molecule has 64 valence electrons. The van der Waals surface area contributed by atoms with Crippen molar-refractivity contribution in [1.29, 1.82) is 0 Å². The van der Waals surface area contributed by atoms with E-state index in [1.807, 2.05) is 0 Å². The minimum Gasteiger partial charge on any atom is -0.356 e. The summed E-state index contributed by atoms with van der Waals surface area (Å²) in [6.07, 6.45) is 1.16. The van der Waals surface area contributed by atoms with E-state index in [2.05, 4.69) is 17.6 Å². The average molecular weight is 156 g/mol. The maximum absolute atomic E-state index is 10.6. The van der Waals surface area contributed by atoms with Crippen LogP contribution in [0, 0.1) is 5.41 Å². The molecule has 1 atom stereocenters. The van der Waals surface area contributed by atoms with E-state index >= 15 is 0 Å². The lowest BCUT2D eigenvalue weighted by atomic mass is 9.90. The van der Waals surface area contributed by atoms with Crippen molar-refractivity contribution in [1.82, 2.24) is 10.6 Å². The van der Waals surface area contributed by atoms with Crippen LogP contribution in [0.2, 0.25) is 0 Å². The minimum atomic E-state index is 0.0677. The molecule has 1 heterocycles. The summed E-state index contributed by atoms with van der Waals surface area (Å²) in [7, 11) is 0. The molecule has 2 N–H and O–H groups in total. The fourth-order valence-corrected chi connectivity index (χ4v) is 1.36. The Morgan fingerprint density at radius 3 is 2.91 bits per heavy atom. The summed E-state index contributed by atoms with van der Waals surface area (Å²) in [6, 6.07) is 0. The van der Waals surface area contributed by atoms with E-state index in [4.69, 9.17) is 0 Å². The Labute approximate surface area is 67.5 Å². The number of carbonyl (C=O) groups is 1. The predicted molar refractivity (Wildman–Crippen MR) is 44.3 cm³/mol. The van der Waals surface area contributed by atoms with E-state index in [1.54, 1.807) is 6.92 Å². The van der Waals surface area contributed by atoms with Gasteiger partial charge in [0.1, 0.15) is 0 Å². The van der Waals surface area contributed by atoms with E-state index in [9.17, 15) is 4.79 Å². The van der Waals surface area contributed by atoms with Crippen LogP contribution < -0.4 is 10.6 Å². The third-order valence-corrected chi connectivity index (χ3v) is 2.22. The molecule has 0 radical (unpaired) electrons. The van der Waals surface area contributed by atoms with E-state index in [-0.39, 0.29) is 11.3 Å². The molecular formula is C8H16N2O. The van der Waals surface area contributed by atoms with Crippen LogP contribution in [0.4, 0.5) is 0 Å². The van der Waals surface area contributed by atoms with E-state index in [0.717, 1.165) is 26.1 Å². The standard InChI is InChI=1S/C8H16N2O/c1-7(11)10-6-8(2)3-4-9-5-8/h9H,3-6H2,1-2H3,(H,10,11)/t8-/m1/s1. The molecule has 1 aliphatic rings. The van der Waals surface area contributed by atoms with Crippen molar-refractivity contribution in [3.8, 4) is 0 Å². The van der Waals surface area contributed by atoms with Gasteiger partial charge in [-0.1, -0.05) is 6.92 Å². The molecule has 1 amide bonds. The summed E-state index contributed by atoms with van der Waals surface area (Å²) in [6.45, 7) is 6.66. The van der Waals surface area contributed by atoms with Crippen LogP contribution >= 0.6 is 0 Å². The lowest BCUT2D eigenvalue weighted by Crippen LogP contribution is -2.35. The number of carbonyl (C=O) groups excluding carboxylic acids is 1.